The van der Waals surface area contributed by atoms with Gasteiger partial charge >= 0.3 is 12.1 Å². The van der Waals surface area contributed by atoms with Crippen molar-refractivity contribution < 1.29 is 19.4 Å². The maximum Gasteiger partial charge on any atom is 0.405 e. The van der Waals surface area contributed by atoms with Crippen LogP contribution in [0.1, 0.15) is 46.5 Å². The average Bonchev–Trinajstić information content (AvgIpc) is 2.27. The zero-order valence-corrected chi connectivity index (χ0v) is 11.4. The molecule has 0 spiro atoms. The smallest absolute Gasteiger partial charge is 0.405 e. The summed E-state index contributed by atoms with van der Waals surface area (Å²) in [7, 11) is 0. The molecule has 5 nitrogen and oxygen atoms in total. The van der Waals surface area contributed by atoms with Gasteiger partial charge in [-0.05, 0) is 20.3 Å². The van der Waals surface area contributed by atoms with Gasteiger partial charge in [-0.25, -0.2) is 9.59 Å². The molecule has 0 saturated carbocycles. The summed E-state index contributed by atoms with van der Waals surface area (Å²) in [4.78, 5) is 22.1. The van der Waals surface area contributed by atoms with Gasteiger partial charge in [-0.3, -0.25) is 0 Å². The van der Waals surface area contributed by atoms with Crippen molar-refractivity contribution in [3.05, 3.63) is 12.2 Å². The van der Waals surface area contributed by atoms with Crippen LogP contribution in [0.3, 0.4) is 0 Å². The minimum Gasteiger partial charge on any atom is -0.465 e. The molecule has 18 heavy (non-hydrogen) atoms. The summed E-state index contributed by atoms with van der Waals surface area (Å²) in [5.41, 5.74) is 0.310. The van der Waals surface area contributed by atoms with Gasteiger partial charge in [0.25, 0.3) is 0 Å². The van der Waals surface area contributed by atoms with E-state index in [2.05, 4.69) is 18.8 Å². The lowest BCUT2D eigenvalue weighted by Gasteiger charge is -2.24. The predicted molar refractivity (Wildman–Crippen MR) is 69.5 cm³/mol. The van der Waals surface area contributed by atoms with Crippen LogP contribution in [0.2, 0.25) is 0 Å². The molecule has 0 fully saturated rings. The summed E-state index contributed by atoms with van der Waals surface area (Å²) in [5.74, 6) is -0.491. The van der Waals surface area contributed by atoms with E-state index >= 15 is 0 Å². The number of carboxylic acid groups (broad SMARTS) is 1. The Morgan fingerprint density at radius 2 is 2.00 bits per heavy atom. The van der Waals surface area contributed by atoms with Crippen molar-refractivity contribution in [1.29, 1.82) is 0 Å². The molecule has 104 valence electrons. The quantitative estimate of drug-likeness (QED) is 0.398. The van der Waals surface area contributed by atoms with E-state index in [1.807, 2.05) is 0 Å². The van der Waals surface area contributed by atoms with Gasteiger partial charge in [-0.1, -0.05) is 32.8 Å². The minimum atomic E-state index is -1.10. The topological polar surface area (TPSA) is 75.6 Å². The van der Waals surface area contributed by atoms with Gasteiger partial charge in [0.05, 0.1) is 6.04 Å². The molecule has 5 heteroatoms. The third-order valence-electron chi connectivity index (χ3n) is 2.64. The normalized spacial score (nSPS) is 13.5. The van der Waals surface area contributed by atoms with Gasteiger partial charge in [-0.15, -0.1) is 0 Å². The molecule has 0 aromatic heterocycles. The zero-order chi connectivity index (χ0) is 14.1. The molecule has 0 saturated heterocycles. The van der Waals surface area contributed by atoms with E-state index in [1.54, 1.807) is 13.8 Å². The van der Waals surface area contributed by atoms with Gasteiger partial charge in [-0.2, -0.15) is 0 Å². The first-order valence-electron chi connectivity index (χ1n) is 6.24. The van der Waals surface area contributed by atoms with Crippen molar-refractivity contribution in [3.8, 4) is 0 Å². The number of nitrogens with one attached hydrogen (secondary N) is 1. The first-order chi connectivity index (χ1) is 8.38. The molecule has 0 aromatic carbocycles. The number of ether oxygens (including phenoxy) is 1. The summed E-state index contributed by atoms with van der Waals surface area (Å²) in [6, 6.07) is -0.377. The van der Waals surface area contributed by atoms with Gasteiger partial charge in [0, 0.05) is 5.57 Å². The Kier molecular flexibility index (Phi) is 7.83. The third kappa shape index (κ3) is 6.93. The Labute approximate surface area is 108 Å². The van der Waals surface area contributed by atoms with Crippen molar-refractivity contribution >= 4 is 12.1 Å². The van der Waals surface area contributed by atoms with E-state index in [0.717, 1.165) is 19.3 Å². The molecule has 0 aromatic rings. The largest absolute Gasteiger partial charge is 0.465 e. The maximum atomic E-state index is 11.4. The summed E-state index contributed by atoms with van der Waals surface area (Å²) in [6.07, 6.45) is 2.04. The lowest BCUT2D eigenvalue weighted by Crippen LogP contribution is -2.43. The number of carbonyl (C=O) groups is 2. The lowest BCUT2D eigenvalue weighted by molar-refractivity contribution is -0.144. The third-order valence-corrected chi connectivity index (χ3v) is 2.64. The highest BCUT2D eigenvalue weighted by molar-refractivity contribution is 5.87. The van der Waals surface area contributed by atoms with Crippen LogP contribution in [-0.4, -0.2) is 29.3 Å². The van der Waals surface area contributed by atoms with Crippen LogP contribution < -0.4 is 5.32 Å². The Morgan fingerprint density at radius 1 is 1.39 bits per heavy atom. The van der Waals surface area contributed by atoms with Crippen LogP contribution >= 0.6 is 0 Å². The molecule has 2 atom stereocenters. The highest BCUT2D eigenvalue weighted by Crippen LogP contribution is 2.11. The predicted octanol–water partition coefficient (Wildman–Crippen LogP) is 2.71. The standard InChI is InChI=1S/C13H23NO4/c1-5-6-7-8-11(14-13(16)17)10(4)18-12(15)9(2)3/h10-11,14H,2,5-8H2,1,3-4H3,(H,16,17). The second-order valence-corrected chi connectivity index (χ2v) is 4.44. The molecule has 1 amide bonds. The van der Waals surface area contributed by atoms with Crippen LogP contribution in [0.4, 0.5) is 4.79 Å². The van der Waals surface area contributed by atoms with E-state index in [-0.39, 0.29) is 6.04 Å². The fourth-order valence-electron chi connectivity index (χ4n) is 1.55. The van der Waals surface area contributed by atoms with Crippen LogP contribution in [0.5, 0.6) is 0 Å². The van der Waals surface area contributed by atoms with Gasteiger partial charge in [0.15, 0.2) is 0 Å². The van der Waals surface area contributed by atoms with Crippen LogP contribution in [0.25, 0.3) is 0 Å². The Balaban J connectivity index is 4.38. The number of esters is 1. The van der Waals surface area contributed by atoms with Crippen molar-refractivity contribution in [2.75, 3.05) is 0 Å². The number of rotatable bonds is 8. The molecular weight excluding hydrogens is 234 g/mol. The Hall–Kier alpha value is -1.52. The molecule has 2 N–H and O–H groups in total. The SMILES string of the molecule is C=C(C)C(=O)OC(C)C(CCCCC)NC(=O)O. The van der Waals surface area contributed by atoms with Gasteiger partial charge in [0.2, 0.25) is 0 Å². The van der Waals surface area contributed by atoms with E-state index < -0.39 is 18.2 Å². The molecule has 0 rings (SSSR count). The fourth-order valence-corrected chi connectivity index (χ4v) is 1.55. The molecule has 2 unspecified atom stereocenters. The monoisotopic (exact) mass is 257 g/mol. The Morgan fingerprint density at radius 3 is 2.44 bits per heavy atom. The summed E-state index contributed by atoms with van der Waals surface area (Å²) < 4.78 is 5.14. The first kappa shape index (κ1) is 16.5. The molecule has 0 aliphatic heterocycles. The summed E-state index contributed by atoms with van der Waals surface area (Å²) >= 11 is 0. The minimum absolute atomic E-state index is 0.310. The number of hydrogen-bond donors (Lipinski definition) is 2. The van der Waals surface area contributed by atoms with Crippen molar-refractivity contribution in [3.63, 3.8) is 0 Å². The zero-order valence-electron chi connectivity index (χ0n) is 11.4. The van der Waals surface area contributed by atoms with Crippen LogP contribution in [-0.2, 0) is 9.53 Å². The van der Waals surface area contributed by atoms with E-state index in [0.29, 0.717) is 12.0 Å². The number of unbranched alkanes of at least 4 members (excludes halogenated alkanes) is 2. The highest BCUT2D eigenvalue weighted by Gasteiger charge is 2.22. The number of amides is 1. The summed E-state index contributed by atoms with van der Waals surface area (Å²) in [5, 5.41) is 11.2. The molecule has 0 heterocycles. The van der Waals surface area contributed by atoms with Crippen molar-refractivity contribution in [2.45, 2.75) is 58.6 Å². The Bertz CT molecular complexity index is 301. The van der Waals surface area contributed by atoms with E-state index in [9.17, 15) is 9.59 Å². The van der Waals surface area contributed by atoms with Crippen LogP contribution in [0, 0.1) is 0 Å². The molecular formula is C13H23NO4. The van der Waals surface area contributed by atoms with Crippen molar-refractivity contribution in [1.82, 2.24) is 5.32 Å². The second-order valence-electron chi connectivity index (χ2n) is 4.44. The van der Waals surface area contributed by atoms with Gasteiger partial charge in [0.1, 0.15) is 6.10 Å². The maximum absolute atomic E-state index is 11.4. The second kappa shape index (κ2) is 8.55. The molecule has 0 aliphatic rings. The van der Waals surface area contributed by atoms with Gasteiger partial charge < -0.3 is 15.2 Å². The lowest BCUT2D eigenvalue weighted by atomic mass is 10.0. The number of carbonyl (C=O) groups excluding carboxylic acids is 1. The average molecular weight is 257 g/mol. The van der Waals surface area contributed by atoms with Crippen molar-refractivity contribution in [2.24, 2.45) is 0 Å². The van der Waals surface area contributed by atoms with E-state index in [4.69, 9.17) is 9.84 Å². The molecule has 0 radical (unpaired) electrons. The van der Waals surface area contributed by atoms with E-state index in [1.165, 1.54) is 0 Å². The molecule has 0 bridgehead atoms. The summed E-state index contributed by atoms with van der Waals surface area (Å²) in [6.45, 7) is 8.82. The molecule has 0 aliphatic carbocycles. The van der Waals surface area contributed by atoms with Crippen LogP contribution in [0.15, 0.2) is 12.2 Å². The highest BCUT2D eigenvalue weighted by atomic mass is 16.5. The number of hydrogen-bond acceptors (Lipinski definition) is 3. The first-order valence-corrected chi connectivity index (χ1v) is 6.24. The fraction of sp³-hybridized carbons (Fsp3) is 0.692.